The third-order valence-corrected chi connectivity index (χ3v) is 3.28. The second-order valence-corrected chi connectivity index (χ2v) is 4.48. The van der Waals surface area contributed by atoms with E-state index in [-0.39, 0.29) is 5.54 Å². The van der Waals surface area contributed by atoms with Gasteiger partial charge in [0, 0.05) is 12.6 Å². The summed E-state index contributed by atoms with van der Waals surface area (Å²) >= 11 is 0. The Hall–Kier alpha value is -0.0800. The number of methoxy groups -OCH3 is 1. The Bertz CT molecular complexity index is 137. The zero-order valence-electron chi connectivity index (χ0n) is 9.23. The molecule has 0 saturated carbocycles. The fraction of sp³-hybridized carbons (Fsp3) is 1.00. The van der Waals surface area contributed by atoms with Crippen molar-refractivity contribution in [2.75, 3.05) is 20.3 Å². The minimum absolute atomic E-state index is 0.241. The fourth-order valence-corrected chi connectivity index (χ4v) is 2.21. The lowest BCUT2D eigenvalue weighted by Crippen LogP contribution is -2.52. The van der Waals surface area contributed by atoms with E-state index in [9.17, 15) is 0 Å². The van der Waals surface area contributed by atoms with Gasteiger partial charge in [0.1, 0.15) is 0 Å². The molecule has 0 aromatic rings. The van der Waals surface area contributed by atoms with Crippen LogP contribution >= 0.6 is 0 Å². The molecule has 78 valence electrons. The molecule has 1 rings (SSSR count). The molecule has 0 amide bonds. The van der Waals surface area contributed by atoms with Crippen LogP contribution in [0.2, 0.25) is 0 Å². The van der Waals surface area contributed by atoms with Crippen LogP contribution in [0.3, 0.4) is 0 Å². The Morgan fingerprint density at radius 2 is 2.08 bits per heavy atom. The molecule has 0 aliphatic carbocycles. The summed E-state index contributed by atoms with van der Waals surface area (Å²) in [6, 6.07) is 0. The van der Waals surface area contributed by atoms with Gasteiger partial charge < -0.3 is 10.1 Å². The Labute approximate surface area is 82.0 Å². The molecule has 0 spiro atoms. The van der Waals surface area contributed by atoms with E-state index in [2.05, 4.69) is 19.2 Å². The van der Waals surface area contributed by atoms with E-state index in [1.165, 1.54) is 25.7 Å². The number of nitrogens with one attached hydrogen (secondary N) is 1. The average Bonchev–Trinajstić information content (AvgIpc) is 2.31. The van der Waals surface area contributed by atoms with Gasteiger partial charge in [-0.1, -0.05) is 26.7 Å². The van der Waals surface area contributed by atoms with Crippen molar-refractivity contribution in [3.05, 3.63) is 0 Å². The van der Waals surface area contributed by atoms with Crippen molar-refractivity contribution >= 4 is 0 Å². The van der Waals surface area contributed by atoms with Gasteiger partial charge in [0.2, 0.25) is 0 Å². The molecule has 2 heteroatoms. The van der Waals surface area contributed by atoms with Crippen molar-refractivity contribution in [2.24, 2.45) is 5.92 Å². The molecule has 0 bridgehead atoms. The minimum Gasteiger partial charge on any atom is -0.383 e. The van der Waals surface area contributed by atoms with Crippen LogP contribution in [0.4, 0.5) is 0 Å². The zero-order valence-corrected chi connectivity index (χ0v) is 9.23. The molecule has 1 saturated heterocycles. The maximum absolute atomic E-state index is 5.34. The highest BCUT2D eigenvalue weighted by molar-refractivity contribution is 4.92. The summed E-state index contributed by atoms with van der Waals surface area (Å²) < 4.78 is 5.34. The van der Waals surface area contributed by atoms with E-state index in [1.807, 2.05) is 0 Å². The molecule has 0 aromatic heterocycles. The van der Waals surface area contributed by atoms with Crippen LogP contribution in [0, 0.1) is 5.92 Å². The lowest BCUT2D eigenvalue weighted by Gasteiger charge is -2.37. The normalized spacial score (nSPS) is 30.5. The predicted octanol–water partition coefficient (Wildman–Crippen LogP) is 2.19. The van der Waals surface area contributed by atoms with Gasteiger partial charge in [-0.3, -0.25) is 0 Å². The van der Waals surface area contributed by atoms with Crippen LogP contribution in [0.1, 0.15) is 39.5 Å². The molecule has 1 atom stereocenters. The Balaban J connectivity index is 2.62. The highest BCUT2D eigenvalue weighted by Crippen LogP contribution is 2.26. The minimum atomic E-state index is 0.241. The largest absolute Gasteiger partial charge is 0.383 e. The van der Waals surface area contributed by atoms with Gasteiger partial charge in [0.25, 0.3) is 0 Å². The van der Waals surface area contributed by atoms with Crippen molar-refractivity contribution < 1.29 is 4.74 Å². The van der Waals surface area contributed by atoms with E-state index in [1.54, 1.807) is 7.11 Å². The van der Waals surface area contributed by atoms with Crippen molar-refractivity contribution in [3.8, 4) is 0 Å². The molecule has 1 heterocycles. The third-order valence-electron chi connectivity index (χ3n) is 3.28. The van der Waals surface area contributed by atoms with Crippen LogP contribution in [-0.2, 0) is 4.74 Å². The molecule has 2 nitrogen and oxygen atoms in total. The maximum atomic E-state index is 5.34. The fourth-order valence-electron chi connectivity index (χ4n) is 2.21. The highest BCUT2D eigenvalue weighted by Gasteiger charge is 2.33. The monoisotopic (exact) mass is 185 g/mol. The first-order valence-corrected chi connectivity index (χ1v) is 5.45. The smallest absolute Gasteiger partial charge is 0.0647 e. The predicted molar refractivity (Wildman–Crippen MR) is 55.9 cm³/mol. The number of hydrogen-bond acceptors (Lipinski definition) is 2. The first-order chi connectivity index (χ1) is 6.21. The molecule has 0 radical (unpaired) electrons. The topological polar surface area (TPSA) is 21.3 Å². The average molecular weight is 185 g/mol. The Morgan fingerprint density at radius 1 is 1.31 bits per heavy atom. The molecule has 1 N–H and O–H groups in total. The quantitative estimate of drug-likeness (QED) is 0.727. The molecule has 1 fully saturated rings. The summed E-state index contributed by atoms with van der Waals surface area (Å²) in [5, 5.41) is 3.67. The number of ether oxygens (including phenoxy) is 1. The first-order valence-electron chi connectivity index (χ1n) is 5.45. The van der Waals surface area contributed by atoms with Gasteiger partial charge in [0.15, 0.2) is 0 Å². The molecule has 0 aromatic carbocycles. The molecule has 1 aliphatic rings. The van der Waals surface area contributed by atoms with Crippen molar-refractivity contribution in [1.29, 1.82) is 0 Å². The standard InChI is InChI=1S/C11H23NO/c1-10(2)11(9-13-3)7-5-4-6-8-12-11/h10,12H,4-9H2,1-3H3. The lowest BCUT2D eigenvalue weighted by atomic mass is 9.83. The van der Waals surface area contributed by atoms with Gasteiger partial charge in [0.05, 0.1) is 6.61 Å². The SMILES string of the molecule is COCC1(C(C)C)CCCCCN1. The van der Waals surface area contributed by atoms with Gasteiger partial charge >= 0.3 is 0 Å². The van der Waals surface area contributed by atoms with E-state index in [4.69, 9.17) is 4.74 Å². The number of rotatable bonds is 3. The molecular weight excluding hydrogens is 162 g/mol. The Kier molecular flexibility index (Phi) is 4.20. The maximum Gasteiger partial charge on any atom is 0.0647 e. The molecule has 13 heavy (non-hydrogen) atoms. The highest BCUT2D eigenvalue weighted by atomic mass is 16.5. The van der Waals surface area contributed by atoms with Gasteiger partial charge in [-0.05, 0) is 25.3 Å². The zero-order chi connectivity index (χ0) is 9.73. The second-order valence-electron chi connectivity index (χ2n) is 4.48. The van der Waals surface area contributed by atoms with Gasteiger partial charge in [-0.15, -0.1) is 0 Å². The van der Waals surface area contributed by atoms with E-state index >= 15 is 0 Å². The van der Waals surface area contributed by atoms with Crippen LogP contribution < -0.4 is 5.32 Å². The summed E-state index contributed by atoms with van der Waals surface area (Å²) in [4.78, 5) is 0. The number of hydrogen-bond donors (Lipinski definition) is 1. The van der Waals surface area contributed by atoms with Crippen LogP contribution in [0.5, 0.6) is 0 Å². The molecule has 1 unspecified atom stereocenters. The summed E-state index contributed by atoms with van der Waals surface area (Å²) in [6.07, 6.45) is 5.29. The third kappa shape index (κ3) is 2.68. The Morgan fingerprint density at radius 3 is 2.69 bits per heavy atom. The van der Waals surface area contributed by atoms with Crippen molar-refractivity contribution in [1.82, 2.24) is 5.32 Å². The van der Waals surface area contributed by atoms with Crippen LogP contribution in [0.15, 0.2) is 0 Å². The van der Waals surface area contributed by atoms with Crippen molar-refractivity contribution in [3.63, 3.8) is 0 Å². The van der Waals surface area contributed by atoms with Crippen molar-refractivity contribution in [2.45, 2.75) is 45.1 Å². The van der Waals surface area contributed by atoms with Gasteiger partial charge in [-0.2, -0.15) is 0 Å². The molecule has 1 aliphatic heterocycles. The van der Waals surface area contributed by atoms with E-state index in [0.29, 0.717) is 5.92 Å². The van der Waals surface area contributed by atoms with E-state index < -0.39 is 0 Å². The van der Waals surface area contributed by atoms with Crippen LogP contribution in [0.25, 0.3) is 0 Å². The van der Waals surface area contributed by atoms with Gasteiger partial charge in [-0.25, -0.2) is 0 Å². The summed E-state index contributed by atoms with van der Waals surface area (Å²) in [5.41, 5.74) is 0.241. The first kappa shape index (κ1) is 11.0. The lowest BCUT2D eigenvalue weighted by molar-refractivity contribution is 0.0751. The summed E-state index contributed by atoms with van der Waals surface area (Å²) in [5.74, 6) is 0.658. The molecular formula is C11H23NO. The second kappa shape index (κ2) is 4.97. The van der Waals surface area contributed by atoms with E-state index in [0.717, 1.165) is 13.2 Å². The van der Waals surface area contributed by atoms with Crippen LogP contribution in [-0.4, -0.2) is 25.8 Å². The summed E-state index contributed by atoms with van der Waals surface area (Å²) in [6.45, 7) is 6.58. The summed E-state index contributed by atoms with van der Waals surface area (Å²) in [7, 11) is 1.80.